The van der Waals surface area contributed by atoms with Gasteiger partial charge in [0.05, 0.1) is 22.9 Å². The number of benzene rings is 1. The fourth-order valence-corrected chi connectivity index (χ4v) is 1.20. The molecule has 69 valence electrons. The molecule has 1 aromatic carbocycles. The molecule has 0 saturated heterocycles. The Bertz CT molecular complexity index is 487. The number of para-hydroxylation sites is 2. The summed E-state index contributed by atoms with van der Waals surface area (Å²) < 4.78 is 12.5. The second-order valence-electron chi connectivity index (χ2n) is 2.87. The van der Waals surface area contributed by atoms with E-state index in [0.717, 1.165) is 11.0 Å². The van der Waals surface area contributed by atoms with Gasteiger partial charge < -0.3 is 0 Å². The molecule has 0 saturated carbocycles. The standard InChI is InChI=1S/C11H8FN2/c1-8(12)6-9-7-13-10-4-2-3-5-11(10)14-9/h2-7H,1H2/b8-6-. The predicted octanol–water partition coefficient (Wildman–Crippen LogP) is 2.77. The molecule has 2 aromatic rings. The Hall–Kier alpha value is -1.77. The van der Waals surface area contributed by atoms with E-state index in [9.17, 15) is 4.39 Å². The van der Waals surface area contributed by atoms with Crippen LogP contribution in [0.5, 0.6) is 0 Å². The van der Waals surface area contributed by atoms with E-state index in [1.165, 1.54) is 12.3 Å². The van der Waals surface area contributed by atoms with Crippen LogP contribution in [-0.4, -0.2) is 9.97 Å². The molecule has 1 radical (unpaired) electrons. The average molecular weight is 187 g/mol. The average Bonchev–Trinajstić information content (AvgIpc) is 2.17. The van der Waals surface area contributed by atoms with Gasteiger partial charge in [0, 0.05) is 6.92 Å². The Morgan fingerprint density at radius 3 is 2.71 bits per heavy atom. The van der Waals surface area contributed by atoms with Gasteiger partial charge in [0.1, 0.15) is 5.83 Å². The van der Waals surface area contributed by atoms with Crippen molar-refractivity contribution < 1.29 is 4.39 Å². The van der Waals surface area contributed by atoms with Crippen LogP contribution >= 0.6 is 0 Å². The molecule has 0 bridgehead atoms. The molecule has 2 nitrogen and oxygen atoms in total. The van der Waals surface area contributed by atoms with Crippen molar-refractivity contribution in [2.45, 2.75) is 0 Å². The molecule has 0 aliphatic carbocycles. The van der Waals surface area contributed by atoms with Crippen molar-refractivity contribution in [3.63, 3.8) is 0 Å². The molecule has 0 amide bonds. The first-order valence-corrected chi connectivity index (χ1v) is 4.16. The lowest BCUT2D eigenvalue weighted by Crippen LogP contribution is -1.86. The van der Waals surface area contributed by atoms with Gasteiger partial charge >= 0.3 is 0 Å². The highest BCUT2D eigenvalue weighted by Crippen LogP contribution is 2.10. The zero-order valence-corrected chi connectivity index (χ0v) is 7.44. The highest BCUT2D eigenvalue weighted by molar-refractivity contribution is 5.74. The van der Waals surface area contributed by atoms with Crippen LogP contribution < -0.4 is 0 Å². The molecular formula is C11H8FN2. The number of fused-ring (bicyclic) bond motifs is 1. The summed E-state index contributed by atoms with van der Waals surface area (Å²) in [6, 6.07) is 7.44. The van der Waals surface area contributed by atoms with Crippen LogP contribution in [0.25, 0.3) is 17.1 Å². The van der Waals surface area contributed by atoms with Crippen molar-refractivity contribution in [2.75, 3.05) is 0 Å². The van der Waals surface area contributed by atoms with E-state index in [0.29, 0.717) is 5.69 Å². The highest BCUT2D eigenvalue weighted by Gasteiger charge is 1.96. The lowest BCUT2D eigenvalue weighted by molar-refractivity contribution is 0.672. The Labute approximate surface area is 81.1 Å². The Kier molecular flexibility index (Phi) is 2.23. The molecule has 0 unspecified atom stereocenters. The van der Waals surface area contributed by atoms with Crippen molar-refractivity contribution in [2.24, 2.45) is 0 Å². The first-order chi connectivity index (χ1) is 6.75. The van der Waals surface area contributed by atoms with Crippen molar-refractivity contribution in [1.82, 2.24) is 9.97 Å². The molecule has 0 N–H and O–H groups in total. The van der Waals surface area contributed by atoms with Gasteiger partial charge in [-0.15, -0.1) is 0 Å². The third kappa shape index (κ3) is 1.76. The predicted molar refractivity (Wildman–Crippen MR) is 54.0 cm³/mol. The van der Waals surface area contributed by atoms with Gasteiger partial charge in [-0.2, -0.15) is 0 Å². The Morgan fingerprint density at radius 1 is 1.29 bits per heavy atom. The first kappa shape index (κ1) is 8.81. The van der Waals surface area contributed by atoms with E-state index < -0.39 is 5.83 Å². The molecule has 2 rings (SSSR count). The van der Waals surface area contributed by atoms with E-state index in [-0.39, 0.29) is 0 Å². The summed E-state index contributed by atoms with van der Waals surface area (Å²) in [5, 5.41) is 0. The van der Waals surface area contributed by atoms with Crippen LogP contribution in [0.3, 0.4) is 0 Å². The van der Waals surface area contributed by atoms with Crippen LogP contribution in [0.1, 0.15) is 5.69 Å². The molecule has 0 spiro atoms. The first-order valence-electron chi connectivity index (χ1n) is 4.16. The van der Waals surface area contributed by atoms with E-state index in [1.807, 2.05) is 24.3 Å². The van der Waals surface area contributed by atoms with Crippen molar-refractivity contribution in [1.29, 1.82) is 0 Å². The van der Waals surface area contributed by atoms with Crippen LogP contribution in [0.2, 0.25) is 0 Å². The maximum atomic E-state index is 12.5. The smallest absolute Gasteiger partial charge is 0.103 e. The maximum absolute atomic E-state index is 12.5. The largest absolute Gasteiger partial charge is 0.252 e. The topological polar surface area (TPSA) is 25.8 Å². The Morgan fingerprint density at radius 2 is 2.00 bits per heavy atom. The number of halogens is 1. The molecule has 1 aromatic heterocycles. The quantitative estimate of drug-likeness (QED) is 0.686. The van der Waals surface area contributed by atoms with E-state index >= 15 is 0 Å². The summed E-state index contributed by atoms with van der Waals surface area (Å²) in [7, 11) is 0. The van der Waals surface area contributed by atoms with Gasteiger partial charge in [0.2, 0.25) is 0 Å². The molecule has 3 heteroatoms. The maximum Gasteiger partial charge on any atom is 0.103 e. The van der Waals surface area contributed by atoms with Crippen LogP contribution in [-0.2, 0) is 0 Å². The highest BCUT2D eigenvalue weighted by atomic mass is 19.1. The van der Waals surface area contributed by atoms with E-state index in [1.54, 1.807) is 0 Å². The van der Waals surface area contributed by atoms with Crippen LogP contribution in [0.15, 0.2) is 36.3 Å². The van der Waals surface area contributed by atoms with Crippen molar-refractivity contribution in [3.8, 4) is 0 Å². The second-order valence-corrected chi connectivity index (χ2v) is 2.87. The number of rotatable bonds is 1. The van der Waals surface area contributed by atoms with Gasteiger partial charge in [0.15, 0.2) is 0 Å². The van der Waals surface area contributed by atoms with Gasteiger partial charge in [-0.05, 0) is 18.2 Å². The molecule has 1 heterocycles. The molecule has 0 aliphatic heterocycles. The lowest BCUT2D eigenvalue weighted by Gasteiger charge is -1.96. The summed E-state index contributed by atoms with van der Waals surface area (Å²) in [5.74, 6) is -0.519. The fourth-order valence-electron chi connectivity index (χ4n) is 1.20. The number of hydrogen-bond donors (Lipinski definition) is 0. The second kappa shape index (κ2) is 3.54. The van der Waals surface area contributed by atoms with Gasteiger partial charge in [-0.25, -0.2) is 9.37 Å². The van der Waals surface area contributed by atoms with Crippen LogP contribution in [0.4, 0.5) is 4.39 Å². The molecule has 0 aliphatic rings. The normalized spacial score (nSPS) is 12.0. The molecular weight excluding hydrogens is 179 g/mol. The summed E-state index contributed by atoms with van der Waals surface area (Å²) in [5.41, 5.74) is 2.04. The molecule has 0 fully saturated rings. The lowest BCUT2D eigenvalue weighted by atomic mass is 10.3. The third-order valence-corrected chi connectivity index (χ3v) is 1.77. The van der Waals surface area contributed by atoms with Crippen LogP contribution in [0, 0.1) is 6.92 Å². The summed E-state index contributed by atoms with van der Waals surface area (Å²) >= 11 is 0. The van der Waals surface area contributed by atoms with Crippen molar-refractivity contribution in [3.05, 3.63) is 48.9 Å². The fraction of sp³-hybridized carbons (Fsp3) is 0. The van der Waals surface area contributed by atoms with E-state index in [2.05, 4.69) is 16.9 Å². The minimum absolute atomic E-state index is 0.483. The van der Waals surface area contributed by atoms with Gasteiger partial charge in [0.25, 0.3) is 0 Å². The Balaban J connectivity index is 2.57. The zero-order valence-electron chi connectivity index (χ0n) is 7.44. The minimum atomic E-state index is -0.519. The summed E-state index contributed by atoms with van der Waals surface area (Å²) in [6.45, 7) is 3.14. The summed E-state index contributed by atoms with van der Waals surface area (Å²) in [6.07, 6.45) is 2.77. The van der Waals surface area contributed by atoms with Gasteiger partial charge in [-0.3, -0.25) is 4.98 Å². The SMILES string of the molecule is [CH2]/C(F)=C/c1cnc2ccccc2n1. The number of allylic oxidation sites excluding steroid dienone is 1. The monoisotopic (exact) mass is 187 g/mol. The number of nitrogens with zero attached hydrogens (tertiary/aromatic N) is 2. The summed E-state index contributed by atoms with van der Waals surface area (Å²) in [4.78, 5) is 8.33. The van der Waals surface area contributed by atoms with Gasteiger partial charge in [-0.1, -0.05) is 12.1 Å². The van der Waals surface area contributed by atoms with E-state index in [4.69, 9.17) is 0 Å². The minimum Gasteiger partial charge on any atom is -0.252 e. The third-order valence-electron chi connectivity index (χ3n) is 1.77. The zero-order chi connectivity index (χ0) is 9.97. The molecule has 14 heavy (non-hydrogen) atoms. The molecule has 0 atom stereocenters. The number of aromatic nitrogens is 2. The number of hydrogen-bond acceptors (Lipinski definition) is 2. The van der Waals surface area contributed by atoms with Crippen molar-refractivity contribution >= 4 is 17.1 Å².